The van der Waals surface area contributed by atoms with Crippen LogP contribution in [0.2, 0.25) is 0 Å². The van der Waals surface area contributed by atoms with Crippen LogP contribution in [0.25, 0.3) is 0 Å². The van der Waals surface area contributed by atoms with Gasteiger partial charge in [0.2, 0.25) is 5.88 Å². The van der Waals surface area contributed by atoms with Gasteiger partial charge >= 0.3 is 0 Å². The number of rotatable bonds is 5. The van der Waals surface area contributed by atoms with Crippen molar-refractivity contribution < 1.29 is 4.74 Å². The van der Waals surface area contributed by atoms with Gasteiger partial charge in [-0.15, -0.1) is 0 Å². The molecule has 0 aliphatic carbocycles. The number of anilines is 1. The van der Waals surface area contributed by atoms with Crippen LogP contribution in [0, 0.1) is 6.92 Å². The van der Waals surface area contributed by atoms with Crippen LogP contribution in [0.15, 0.2) is 42.6 Å². The maximum atomic E-state index is 5.40. The van der Waals surface area contributed by atoms with E-state index < -0.39 is 0 Å². The van der Waals surface area contributed by atoms with Crippen LogP contribution in [0.3, 0.4) is 0 Å². The molecule has 2 rings (SSSR count). The molecule has 4 nitrogen and oxygen atoms in total. The molecule has 0 aliphatic rings. The molecule has 1 atom stereocenters. The minimum atomic E-state index is 0.187. The zero-order chi connectivity index (χ0) is 15.9. The number of ether oxygens (including phenoxy) is 1. The highest BCUT2D eigenvalue weighted by atomic mass is 32.1. The largest absolute Gasteiger partial charge is 0.481 e. The zero-order valence-corrected chi connectivity index (χ0v) is 13.9. The number of aryl methyl sites for hydroxylation is 1. The monoisotopic (exact) mass is 315 g/mol. The van der Waals surface area contributed by atoms with E-state index in [2.05, 4.69) is 47.7 Å². The van der Waals surface area contributed by atoms with E-state index >= 15 is 0 Å². The van der Waals surface area contributed by atoms with Gasteiger partial charge in [-0.25, -0.2) is 4.98 Å². The summed E-state index contributed by atoms with van der Waals surface area (Å²) in [5, 5.41) is 7.10. The average molecular weight is 315 g/mol. The van der Waals surface area contributed by atoms with Crippen LogP contribution in [0.4, 0.5) is 5.69 Å². The van der Waals surface area contributed by atoms with Crippen molar-refractivity contribution in [2.24, 2.45) is 0 Å². The zero-order valence-electron chi connectivity index (χ0n) is 13.1. The highest BCUT2D eigenvalue weighted by molar-refractivity contribution is 7.80. The Labute approximate surface area is 136 Å². The van der Waals surface area contributed by atoms with Gasteiger partial charge in [-0.3, -0.25) is 0 Å². The third kappa shape index (κ3) is 4.18. The van der Waals surface area contributed by atoms with Gasteiger partial charge in [0.25, 0.3) is 0 Å². The third-order valence-corrected chi connectivity index (χ3v) is 3.70. The number of nitrogens with one attached hydrogen (secondary N) is 2. The van der Waals surface area contributed by atoms with Crippen LogP contribution < -0.4 is 15.4 Å². The molecule has 0 bridgehead atoms. The normalized spacial score (nSPS) is 11.6. The van der Waals surface area contributed by atoms with Crippen molar-refractivity contribution in [3.8, 4) is 5.88 Å². The predicted octanol–water partition coefficient (Wildman–Crippen LogP) is 3.84. The maximum absolute atomic E-state index is 5.40. The molecule has 1 heterocycles. The molecule has 2 aromatic rings. The summed E-state index contributed by atoms with van der Waals surface area (Å²) < 4.78 is 5.04. The van der Waals surface area contributed by atoms with Gasteiger partial charge in [-0.05, 0) is 42.8 Å². The second-order valence-electron chi connectivity index (χ2n) is 5.01. The van der Waals surface area contributed by atoms with E-state index in [1.165, 1.54) is 11.1 Å². The summed E-state index contributed by atoms with van der Waals surface area (Å²) in [6.07, 6.45) is 2.65. The van der Waals surface area contributed by atoms with Gasteiger partial charge in [0.1, 0.15) is 0 Å². The quantitative estimate of drug-likeness (QED) is 0.821. The van der Waals surface area contributed by atoms with Crippen molar-refractivity contribution in [2.75, 3.05) is 12.4 Å². The van der Waals surface area contributed by atoms with Crippen molar-refractivity contribution in [1.29, 1.82) is 0 Å². The number of benzene rings is 1. The lowest BCUT2D eigenvalue weighted by atomic mass is 10.00. The Hall–Kier alpha value is -2.14. The summed E-state index contributed by atoms with van der Waals surface area (Å²) in [7, 11) is 1.59. The van der Waals surface area contributed by atoms with E-state index in [1.807, 2.05) is 12.1 Å². The molecule has 1 aromatic heterocycles. The van der Waals surface area contributed by atoms with Gasteiger partial charge in [0, 0.05) is 6.07 Å². The fourth-order valence-electron chi connectivity index (χ4n) is 2.28. The molecule has 0 radical (unpaired) electrons. The third-order valence-electron chi connectivity index (χ3n) is 3.48. The van der Waals surface area contributed by atoms with E-state index in [4.69, 9.17) is 17.0 Å². The molecule has 0 saturated heterocycles. The second kappa shape index (κ2) is 7.75. The molecular weight excluding hydrogens is 294 g/mol. The second-order valence-corrected chi connectivity index (χ2v) is 5.41. The molecule has 2 N–H and O–H groups in total. The Morgan fingerprint density at radius 1 is 1.27 bits per heavy atom. The van der Waals surface area contributed by atoms with Gasteiger partial charge < -0.3 is 15.4 Å². The van der Waals surface area contributed by atoms with Crippen LogP contribution in [0.1, 0.15) is 30.5 Å². The summed E-state index contributed by atoms with van der Waals surface area (Å²) in [4.78, 5) is 4.15. The first-order valence-corrected chi connectivity index (χ1v) is 7.68. The molecule has 5 heteroatoms. The predicted molar refractivity (Wildman–Crippen MR) is 94.4 cm³/mol. The lowest BCUT2D eigenvalue weighted by Crippen LogP contribution is -2.32. The molecule has 0 amide bonds. The first-order chi connectivity index (χ1) is 10.6. The first kappa shape index (κ1) is 16.2. The van der Waals surface area contributed by atoms with E-state index in [9.17, 15) is 0 Å². The van der Waals surface area contributed by atoms with Crippen molar-refractivity contribution in [3.05, 3.63) is 53.7 Å². The molecule has 116 valence electrons. The highest BCUT2D eigenvalue weighted by Crippen LogP contribution is 2.20. The Bertz CT molecular complexity index is 628. The molecule has 0 unspecified atom stereocenters. The van der Waals surface area contributed by atoms with Gasteiger partial charge in [0.15, 0.2) is 5.11 Å². The molecule has 0 fully saturated rings. The number of hydrogen-bond donors (Lipinski definition) is 2. The first-order valence-electron chi connectivity index (χ1n) is 7.27. The van der Waals surface area contributed by atoms with Gasteiger partial charge in [0.05, 0.1) is 25.0 Å². The molecule has 0 aliphatic heterocycles. The summed E-state index contributed by atoms with van der Waals surface area (Å²) in [5.41, 5.74) is 3.36. The SMILES string of the molecule is CC[C@@H](NC(=S)Nc1ccc(OC)nc1)c1ccccc1C. The fourth-order valence-corrected chi connectivity index (χ4v) is 2.54. The number of nitrogens with zero attached hydrogens (tertiary/aromatic N) is 1. The lowest BCUT2D eigenvalue weighted by Gasteiger charge is -2.21. The van der Waals surface area contributed by atoms with Crippen LogP contribution in [0.5, 0.6) is 5.88 Å². The topological polar surface area (TPSA) is 46.2 Å². The summed E-state index contributed by atoms with van der Waals surface area (Å²) >= 11 is 5.40. The minimum absolute atomic E-state index is 0.187. The molecular formula is C17H21N3OS. The Morgan fingerprint density at radius 3 is 2.64 bits per heavy atom. The van der Waals surface area contributed by atoms with Gasteiger partial charge in [-0.1, -0.05) is 31.2 Å². The Morgan fingerprint density at radius 2 is 2.05 bits per heavy atom. The standard InChI is InChI=1S/C17H21N3OS/c1-4-15(14-8-6-5-7-12(14)2)20-17(22)19-13-9-10-16(21-3)18-11-13/h5-11,15H,4H2,1-3H3,(H2,19,20,22)/t15-/m1/s1. The Kier molecular flexibility index (Phi) is 5.72. The van der Waals surface area contributed by atoms with Crippen molar-refractivity contribution >= 4 is 23.0 Å². The van der Waals surface area contributed by atoms with E-state index in [0.29, 0.717) is 11.0 Å². The molecule has 0 spiro atoms. The van der Waals surface area contributed by atoms with E-state index in [-0.39, 0.29) is 6.04 Å². The van der Waals surface area contributed by atoms with Crippen LogP contribution >= 0.6 is 12.2 Å². The van der Waals surface area contributed by atoms with Gasteiger partial charge in [-0.2, -0.15) is 0 Å². The van der Waals surface area contributed by atoms with Crippen molar-refractivity contribution in [3.63, 3.8) is 0 Å². The molecule has 1 aromatic carbocycles. The summed E-state index contributed by atoms with van der Waals surface area (Å²) in [6.45, 7) is 4.26. The number of thiocarbonyl (C=S) groups is 1. The molecule has 22 heavy (non-hydrogen) atoms. The minimum Gasteiger partial charge on any atom is -0.481 e. The Balaban J connectivity index is 2.01. The highest BCUT2D eigenvalue weighted by Gasteiger charge is 2.12. The van der Waals surface area contributed by atoms with Crippen LogP contribution in [-0.2, 0) is 0 Å². The number of aromatic nitrogens is 1. The number of hydrogen-bond acceptors (Lipinski definition) is 3. The van der Waals surface area contributed by atoms with E-state index in [0.717, 1.165) is 12.1 Å². The number of pyridine rings is 1. The maximum Gasteiger partial charge on any atom is 0.213 e. The summed E-state index contributed by atoms with van der Waals surface area (Å²) in [5.74, 6) is 0.579. The smallest absolute Gasteiger partial charge is 0.213 e. The average Bonchev–Trinajstić information content (AvgIpc) is 2.54. The molecule has 0 saturated carbocycles. The summed E-state index contributed by atoms with van der Waals surface area (Å²) in [6, 6.07) is 12.2. The van der Waals surface area contributed by atoms with E-state index in [1.54, 1.807) is 19.4 Å². The van der Waals surface area contributed by atoms with Crippen LogP contribution in [-0.4, -0.2) is 17.2 Å². The number of methoxy groups -OCH3 is 1. The lowest BCUT2D eigenvalue weighted by molar-refractivity contribution is 0.398. The van der Waals surface area contributed by atoms with Crippen molar-refractivity contribution in [2.45, 2.75) is 26.3 Å². The van der Waals surface area contributed by atoms with Crippen molar-refractivity contribution in [1.82, 2.24) is 10.3 Å². The fraction of sp³-hybridized carbons (Fsp3) is 0.294.